The number of rotatable bonds is 5. The van der Waals surface area contributed by atoms with Crippen LogP contribution >= 0.6 is 22.9 Å². The third kappa shape index (κ3) is 3.63. The van der Waals surface area contributed by atoms with Gasteiger partial charge in [-0.15, -0.1) is 11.3 Å². The van der Waals surface area contributed by atoms with Crippen LogP contribution in [-0.4, -0.2) is 21.2 Å². The lowest BCUT2D eigenvalue weighted by molar-refractivity contribution is -0.105. The molecule has 1 N–H and O–H groups in total. The fourth-order valence-electron chi connectivity index (χ4n) is 2.67. The lowest BCUT2D eigenvalue weighted by Crippen LogP contribution is -2.04. The van der Waals surface area contributed by atoms with Crippen LogP contribution in [0.2, 0.25) is 5.02 Å². The van der Waals surface area contributed by atoms with E-state index in [2.05, 4.69) is 15.4 Å². The molecule has 0 saturated heterocycles. The Bertz CT molecular complexity index is 1080. The van der Waals surface area contributed by atoms with E-state index in [1.54, 1.807) is 4.68 Å². The lowest BCUT2D eigenvalue weighted by Gasteiger charge is -2.01. The van der Waals surface area contributed by atoms with Gasteiger partial charge in [-0.3, -0.25) is 4.79 Å². The second kappa shape index (κ2) is 7.34. The third-order valence-electron chi connectivity index (χ3n) is 4.08. The van der Waals surface area contributed by atoms with Gasteiger partial charge in [-0.25, -0.2) is 4.98 Å². The van der Waals surface area contributed by atoms with Crippen LogP contribution in [0.1, 0.15) is 5.56 Å². The Morgan fingerprint density at radius 1 is 1.04 bits per heavy atom. The number of hydrogen-bond acceptors (Lipinski definition) is 4. The van der Waals surface area contributed by atoms with Gasteiger partial charge < -0.3 is 5.32 Å². The molecule has 0 aliphatic carbocycles. The molecule has 4 aromatic rings. The van der Waals surface area contributed by atoms with E-state index >= 15 is 0 Å². The predicted octanol–water partition coefficient (Wildman–Crippen LogP) is 5.19. The molecule has 0 unspecified atom stereocenters. The molecule has 27 heavy (non-hydrogen) atoms. The number of carbonyl (C=O) groups excluding carboxylic acids is 1. The maximum Gasteiger partial charge on any atom is 0.212 e. The molecule has 134 valence electrons. The van der Waals surface area contributed by atoms with Crippen molar-refractivity contribution in [2.24, 2.45) is 0 Å². The van der Waals surface area contributed by atoms with Crippen LogP contribution in [0.5, 0.6) is 0 Å². The molecular weight excluding hydrogens is 380 g/mol. The van der Waals surface area contributed by atoms with Crippen molar-refractivity contribution in [3.63, 3.8) is 0 Å². The maximum absolute atomic E-state index is 11.0. The van der Waals surface area contributed by atoms with Gasteiger partial charge in [-0.05, 0) is 19.1 Å². The molecule has 0 bridgehead atoms. The molecule has 0 aliphatic heterocycles. The minimum atomic E-state index is 0.567. The number of aromatic nitrogens is 3. The van der Waals surface area contributed by atoms with Gasteiger partial charge in [0, 0.05) is 27.6 Å². The highest BCUT2D eigenvalue weighted by Gasteiger charge is 2.14. The number of nitrogens with one attached hydrogen (secondary N) is 1. The number of benzene rings is 2. The number of nitrogens with zero attached hydrogens (tertiary/aromatic N) is 3. The standard InChI is InChI=1S/C20H15ClN4OS/c1-13-2-4-14(5-3-13)17-10-19(22-12-26)25(24-17)20-23-18(11-27-20)15-6-8-16(21)9-7-15/h2-12H,1H3,(H,22,26). The van der Waals surface area contributed by atoms with E-state index in [9.17, 15) is 4.79 Å². The van der Waals surface area contributed by atoms with E-state index < -0.39 is 0 Å². The molecular formula is C20H15ClN4OS. The molecule has 4 rings (SSSR count). The van der Waals surface area contributed by atoms with E-state index in [-0.39, 0.29) is 0 Å². The Morgan fingerprint density at radius 3 is 2.41 bits per heavy atom. The van der Waals surface area contributed by atoms with Crippen molar-refractivity contribution in [2.45, 2.75) is 6.92 Å². The summed E-state index contributed by atoms with van der Waals surface area (Å²) in [5.74, 6) is 0.567. The molecule has 2 aromatic heterocycles. The minimum absolute atomic E-state index is 0.567. The van der Waals surface area contributed by atoms with Crippen molar-refractivity contribution >= 4 is 35.2 Å². The van der Waals surface area contributed by atoms with Gasteiger partial charge in [0.15, 0.2) is 0 Å². The zero-order valence-corrected chi connectivity index (χ0v) is 16.0. The molecule has 0 spiro atoms. The summed E-state index contributed by atoms with van der Waals surface area (Å²) >= 11 is 7.41. The highest BCUT2D eigenvalue weighted by atomic mass is 35.5. The molecule has 0 aliphatic rings. The summed E-state index contributed by atoms with van der Waals surface area (Å²) in [6.07, 6.45) is 0.639. The Balaban J connectivity index is 1.73. The zero-order valence-electron chi connectivity index (χ0n) is 14.4. The largest absolute Gasteiger partial charge is 0.313 e. The molecule has 0 fully saturated rings. The average Bonchev–Trinajstić information content (AvgIpc) is 3.31. The summed E-state index contributed by atoms with van der Waals surface area (Å²) in [6, 6.07) is 17.4. The fraction of sp³-hybridized carbons (Fsp3) is 0.0500. The Morgan fingerprint density at radius 2 is 1.70 bits per heavy atom. The van der Waals surface area contributed by atoms with Crippen LogP contribution in [0.15, 0.2) is 60.0 Å². The SMILES string of the molecule is Cc1ccc(-c2cc(NC=O)n(-c3nc(-c4ccc(Cl)cc4)cs3)n2)cc1. The number of aryl methyl sites for hydroxylation is 1. The van der Waals surface area contributed by atoms with Crippen molar-refractivity contribution in [3.8, 4) is 27.6 Å². The number of anilines is 1. The van der Waals surface area contributed by atoms with Crippen LogP contribution in [0.3, 0.4) is 0 Å². The second-order valence-corrected chi connectivity index (χ2v) is 7.25. The van der Waals surface area contributed by atoms with Crippen LogP contribution in [0, 0.1) is 6.92 Å². The van der Waals surface area contributed by atoms with Gasteiger partial charge >= 0.3 is 0 Å². The van der Waals surface area contributed by atoms with Crippen molar-refractivity contribution in [3.05, 3.63) is 70.6 Å². The van der Waals surface area contributed by atoms with Gasteiger partial charge in [0.1, 0.15) is 5.82 Å². The Hall–Kier alpha value is -2.96. The topological polar surface area (TPSA) is 59.8 Å². The molecule has 0 saturated carbocycles. The Kier molecular flexibility index (Phi) is 4.75. The van der Waals surface area contributed by atoms with Crippen LogP contribution < -0.4 is 5.32 Å². The zero-order chi connectivity index (χ0) is 18.8. The smallest absolute Gasteiger partial charge is 0.212 e. The van der Waals surface area contributed by atoms with E-state index in [0.29, 0.717) is 22.4 Å². The molecule has 2 aromatic carbocycles. The first-order valence-electron chi connectivity index (χ1n) is 8.23. The van der Waals surface area contributed by atoms with Gasteiger partial charge in [0.2, 0.25) is 11.5 Å². The van der Waals surface area contributed by atoms with Gasteiger partial charge in [-0.1, -0.05) is 53.6 Å². The minimum Gasteiger partial charge on any atom is -0.313 e. The van der Waals surface area contributed by atoms with Crippen molar-refractivity contribution in [1.29, 1.82) is 0 Å². The normalized spacial score (nSPS) is 10.7. The molecule has 5 nitrogen and oxygen atoms in total. The first-order chi connectivity index (χ1) is 13.1. The summed E-state index contributed by atoms with van der Waals surface area (Å²) < 4.78 is 1.65. The van der Waals surface area contributed by atoms with Crippen LogP contribution in [0.25, 0.3) is 27.6 Å². The molecule has 0 atom stereocenters. The summed E-state index contributed by atoms with van der Waals surface area (Å²) in [4.78, 5) is 15.7. The molecule has 0 radical (unpaired) electrons. The quantitative estimate of drug-likeness (QED) is 0.473. The van der Waals surface area contributed by atoms with Crippen LogP contribution in [0.4, 0.5) is 5.82 Å². The lowest BCUT2D eigenvalue weighted by atomic mass is 10.1. The number of amides is 1. The van der Waals surface area contributed by atoms with Crippen molar-refractivity contribution < 1.29 is 4.79 Å². The van der Waals surface area contributed by atoms with Crippen molar-refractivity contribution in [2.75, 3.05) is 5.32 Å². The predicted molar refractivity (Wildman–Crippen MR) is 110 cm³/mol. The van der Waals surface area contributed by atoms with E-state index in [1.807, 2.05) is 66.9 Å². The molecule has 1 amide bonds. The maximum atomic E-state index is 11.0. The number of halogens is 1. The Labute approximate surface area is 165 Å². The summed E-state index contributed by atoms with van der Waals surface area (Å²) in [5, 5.41) is 10.6. The van der Waals surface area contributed by atoms with E-state index in [1.165, 1.54) is 16.9 Å². The van der Waals surface area contributed by atoms with E-state index in [0.717, 1.165) is 22.5 Å². The van der Waals surface area contributed by atoms with Gasteiger partial charge in [0.25, 0.3) is 0 Å². The molecule has 7 heteroatoms. The monoisotopic (exact) mass is 394 g/mol. The summed E-state index contributed by atoms with van der Waals surface area (Å²) in [7, 11) is 0. The van der Waals surface area contributed by atoms with Crippen molar-refractivity contribution in [1.82, 2.24) is 14.8 Å². The summed E-state index contributed by atoms with van der Waals surface area (Å²) in [5.41, 5.74) is 4.72. The average molecular weight is 395 g/mol. The van der Waals surface area contributed by atoms with Gasteiger partial charge in [-0.2, -0.15) is 9.78 Å². The second-order valence-electron chi connectivity index (χ2n) is 5.98. The molecule has 2 heterocycles. The third-order valence-corrected chi connectivity index (χ3v) is 5.14. The number of hydrogen-bond donors (Lipinski definition) is 1. The first kappa shape index (κ1) is 17.5. The highest BCUT2D eigenvalue weighted by molar-refractivity contribution is 7.12. The number of thiazole rings is 1. The van der Waals surface area contributed by atoms with E-state index in [4.69, 9.17) is 11.6 Å². The van der Waals surface area contributed by atoms with Gasteiger partial charge in [0.05, 0.1) is 11.4 Å². The first-order valence-corrected chi connectivity index (χ1v) is 9.49. The van der Waals surface area contributed by atoms with Crippen LogP contribution in [-0.2, 0) is 4.79 Å². The highest BCUT2D eigenvalue weighted by Crippen LogP contribution is 2.29. The number of carbonyl (C=O) groups is 1. The fourth-order valence-corrected chi connectivity index (χ4v) is 3.59. The summed E-state index contributed by atoms with van der Waals surface area (Å²) in [6.45, 7) is 2.04.